The van der Waals surface area contributed by atoms with Crippen LogP contribution in [0.25, 0.3) is 0 Å². The van der Waals surface area contributed by atoms with Crippen LogP contribution in [-0.4, -0.2) is 43.3 Å². The Morgan fingerprint density at radius 2 is 2.15 bits per heavy atom. The Hall–Kier alpha value is -0.610. The van der Waals surface area contributed by atoms with Crippen LogP contribution in [0.5, 0.6) is 0 Å². The van der Waals surface area contributed by atoms with Crippen LogP contribution in [0, 0.1) is 0 Å². The SMILES string of the molecule is CN1CCC2(CC1)NC(=O)CCO2. The van der Waals surface area contributed by atoms with Gasteiger partial charge in [0.25, 0.3) is 0 Å². The van der Waals surface area contributed by atoms with Gasteiger partial charge in [-0.3, -0.25) is 4.79 Å². The highest BCUT2D eigenvalue weighted by molar-refractivity contribution is 5.77. The number of carbonyl (C=O) groups is 1. The maximum atomic E-state index is 11.2. The fourth-order valence-electron chi connectivity index (χ4n) is 1.94. The normalized spacial score (nSPS) is 28.8. The average molecular weight is 184 g/mol. The first-order valence-electron chi connectivity index (χ1n) is 4.84. The topological polar surface area (TPSA) is 41.6 Å². The van der Waals surface area contributed by atoms with Crippen LogP contribution in [0.2, 0.25) is 0 Å². The zero-order valence-electron chi connectivity index (χ0n) is 8.01. The number of amides is 1. The molecule has 0 aromatic heterocycles. The molecule has 74 valence electrons. The molecule has 0 saturated carbocycles. The molecule has 0 aliphatic carbocycles. The number of likely N-dealkylation sites (tertiary alicyclic amines) is 1. The van der Waals surface area contributed by atoms with Crippen molar-refractivity contribution >= 4 is 5.91 Å². The first-order valence-corrected chi connectivity index (χ1v) is 4.84. The third kappa shape index (κ3) is 1.84. The zero-order valence-corrected chi connectivity index (χ0v) is 8.01. The number of hydrogen-bond donors (Lipinski definition) is 1. The molecule has 0 atom stereocenters. The van der Waals surface area contributed by atoms with E-state index in [1.165, 1.54) is 0 Å². The predicted molar refractivity (Wildman–Crippen MR) is 48.2 cm³/mol. The monoisotopic (exact) mass is 184 g/mol. The molecule has 2 fully saturated rings. The molecule has 0 aromatic carbocycles. The summed E-state index contributed by atoms with van der Waals surface area (Å²) in [4.78, 5) is 13.5. The van der Waals surface area contributed by atoms with E-state index in [9.17, 15) is 4.79 Å². The summed E-state index contributed by atoms with van der Waals surface area (Å²) in [5, 5.41) is 2.96. The van der Waals surface area contributed by atoms with Gasteiger partial charge in [-0.05, 0) is 7.05 Å². The highest BCUT2D eigenvalue weighted by atomic mass is 16.5. The van der Waals surface area contributed by atoms with Gasteiger partial charge in [-0.2, -0.15) is 0 Å². The maximum Gasteiger partial charge on any atom is 0.224 e. The van der Waals surface area contributed by atoms with Crippen LogP contribution < -0.4 is 5.32 Å². The summed E-state index contributed by atoms with van der Waals surface area (Å²) in [6.07, 6.45) is 2.34. The number of piperidine rings is 1. The van der Waals surface area contributed by atoms with Gasteiger partial charge < -0.3 is 15.0 Å². The Kier molecular flexibility index (Phi) is 2.26. The minimum atomic E-state index is -0.332. The molecule has 1 amide bonds. The predicted octanol–water partition coefficient (Wildman–Crippen LogP) is -0.0552. The molecule has 2 rings (SSSR count). The largest absolute Gasteiger partial charge is 0.355 e. The van der Waals surface area contributed by atoms with Crippen molar-refractivity contribution < 1.29 is 9.53 Å². The van der Waals surface area contributed by atoms with E-state index in [1.54, 1.807) is 0 Å². The van der Waals surface area contributed by atoms with Crippen molar-refractivity contribution in [3.8, 4) is 0 Å². The van der Waals surface area contributed by atoms with Gasteiger partial charge in [0.2, 0.25) is 5.91 Å². The first-order chi connectivity index (χ1) is 6.20. The van der Waals surface area contributed by atoms with E-state index < -0.39 is 0 Å². The quantitative estimate of drug-likeness (QED) is 0.573. The van der Waals surface area contributed by atoms with Gasteiger partial charge in [0.05, 0.1) is 13.0 Å². The summed E-state index contributed by atoms with van der Waals surface area (Å²) in [6.45, 7) is 2.58. The molecule has 2 saturated heterocycles. The van der Waals surface area contributed by atoms with E-state index in [0.717, 1.165) is 25.9 Å². The van der Waals surface area contributed by atoms with E-state index in [-0.39, 0.29) is 11.6 Å². The van der Waals surface area contributed by atoms with E-state index in [1.807, 2.05) is 0 Å². The lowest BCUT2D eigenvalue weighted by Gasteiger charge is -2.43. The molecule has 13 heavy (non-hydrogen) atoms. The van der Waals surface area contributed by atoms with Gasteiger partial charge >= 0.3 is 0 Å². The minimum Gasteiger partial charge on any atom is -0.355 e. The molecule has 2 aliphatic heterocycles. The highest BCUT2D eigenvalue weighted by Crippen LogP contribution is 2.25. The molecule has 0 aromatic rings. The molecule has 1 spiro atoms. The minimum absolute atomic E-state index is 0.135. The van der Waals surface area contributed by atoms with Crippen molar-refractivity contribution in [2.24, 2.45) is 0 Å². The van der Waals surface area contributed by atoms with Gasteiger partial charge in [0.1, 0.15) is 5.72 Å². The number of ether oxygens (including phenoxy) is 1. The van der Waals surface area contributed by atoms with Crippen molar-refractivity contribution in [3.05, 3.63) is 0 Å². The Balaban J connectivity index is 1.99. The van der Waals surface area contributed by atoms with E-state index in [2.05, 4.69) is 17.3 Å². The van der Waals surface area contributed by atoms with Crippen LogP contribution in [0.3, 0.4) is 0 Å². The second-order valence-corrected chi connectivity index (χ2v) is 3.94. The van der Waals surface area contributed by atoms with Gasteiger partial charge in [-0.1, -0.05) is 0 Å². The number of carbonyl (C=O) groups excluding carboxylic acids is 1. The van der Waals surface area contributed by atoms with Crippen molar-refractivity contribution in [3.63, 3.8) is 0 Å². The smallest absolute Gasteiger partial charge is 0.224 e. The van der Waals surface area contributed by atoms with Crippen LogP contribution in [0.15, 0.2) is 0 Å². The fourth-order valence-corrected chi connectivity index (χ4v) is 1.94. The summed E-state index contributed by atoms with van der Waals surface area (Å²) >= 11 is 0. The van der Waals surface area contributed by atoms with Crippen LogP contribution in [0.4, 0.5) is 0 Å². The Morgan fingerprint density at radius 1 is 1.46 bits per heavy atom. The molecular weight excluding hydrogens is 168 g/mol. The van der Waals surface area contributed by atoms with E-state index >= 15 is 0 Å². The summed E-state index contributed by atoms with van der Waals surface area (Å²) in [7, 11) is 2.09. The van der Waals surface area contributed by atoms with Gasteiger partial charge in [-0.15, -0.1) is 0 Å². The number of hydrogen-bond acceptors (Lipinski definition) is 3. The number of nitrogens with one attached hydrogen (secondary N) is 1. The van der Waals surface area contributed by atoms with E-state index in [4.69, 9.17) is 4.74 Å². The summed E-state index contributed by atoms with van der Waals surface area (Å²) < 4.78 is 5.67. The van der Waals surface area contributed by atoms with Crippen LogP contribution in [0.1, 0.15) is 19.3 Å². The van der Waals surface area contributed by atoms with Crippen LogP contribution >= 0.6 is 0 Å². The van der Waals surface area contributed by atoms with Crippen LogP contribution in [-0.2, 0) is 9.53 Å². The molecular formula is C9H16N2O2. The number of rotatable bonds is 0. The average Bonchev–Trinajstić information content (AvgIpc) is 2.11. The Labute approximate surface area is 78.2 Å². The number of nitrogens with zero attached hydrogens (tertiary/aromatic N) is 1. The van der Waals surface area contributed by atoms with Crippen molar-refractivity contribution in [1.82, 2.24) is 10.2 Å². The first kappa shape index (κ1) is 8.97. The Bertz CT molecular complexity index is 210. The molecule has 4 heteroatoms. The summed E-state index contributed by atoms with van der Waals surface area (Å²) in [5.74, 6) is 0.135. The molecule has 2 aliphatic rings. The van der Waals surface area contributed by atoms with Crippen molar-refractivity contribution in [2.45, 2.75) is 25.0 Å². The third-order valence-corrected chi connectivity index (χ3v) is 2.87. The van der Waals surface area contributed by atoms with Gasteiger partial charge in [-0.25, -0.2) is 0 Å². The lowest BCUT2D eigenvalue weighted by molar-refractivity contribution is -0.158. The standard InChI is InChI=1S/C9H16N2O2/c1-11-5-3-9(4-6-11)10-8(12)2-7-13-9/h2-7H2,1H3,(H,10,12). The molecule has 4 nitrogen and oxygen atoms in total. The third-order valence-electron chi connectivity index (χ3n) is 2.87. The van der Waals surface area contributed by atoms with E-state index in [0.29, 0.717) is 13.0 Å². The summed E-state index contributed by atoms with van der Waals surface area (Å²) in [6, 6.07) is 0. The second kappa shape index (κ2) is 3.27. The molecule has 2 heterocycles. The molecule has 0 unspecified atom stereocenters. The lowest BCUT2D eigenvalue weighted by atomic mass is 9.99. The van der Waals surface area contributed by atoms with Gasteiger partial charge in [0, 0.05) is 25.9 Å². The van der Waals surface area contributed by atoms with Gasteiger partial charge in [0.15, 0.2) is 0 Å². The molecule has 0 radical (unpaired) electrons. The second-order valence-electron chi connectivity index (χ2n) is 3.94. The molecule has 1 N–H and O–H groups in total. The zero-order chi connectivity index (χ0) is 9.31. The fraction of sp³-hybridized carbons (Fsp3) is 0.889. The molecule has 0 bridgehead atoms. The Morgan fingerprint density at radius 3 is 2.77 bits per heavy atom. The van der Waals surface area contributed by atoms with Crippen molar-refractivity contribution in [2.75, 3.05) is 26.7 Å². The summed E-state index contributed by atoms with van der Waals surface area (Å²) in [5.41, 5.74) is -0.332. The van der Waals surface area contributed by atoms with Crippen molar-refractivity contribution in [1.29, 1.82) is 0 Å². The maximum absolute atomic E-state index is 11.2. The highest BCUT2D eigenvalue weighted by Gasteiger charge is 2.38. The lowest BCUT2D eigenvalue weighted by Crippen LogP contribution is -2.59.